The zero-order chi connectivity index (χ0) is 15.5. The van der Waals surface area contributed by atoms with Crippen LogP contribution in [0.25, 0.3) is 0 Å². The van der Waals surface area contributed by atoms with Gasteiger partial charge in [-0.25, -0.2) is 4.39 Å². The summed E-state index contributed by atoms with van der Waals surface area (Å²) in [7, 11) is 0. The summed E-state index contributed by atoms with van der Waals surface area (Å²) in [5.41, 5.74) is 0.813. The topological polar surface area (TPSA) is 40.5 Å². The first kappa shape index (κ1) is 15.5. The van der Waals surface area contributed by atoms with E-state index in [0.29, 0.717) is 18.7 Å². The van der Waals surface area contributed by atoms with E-state index in [0.717, 1.165) is 12.8 Å². The number of aliphatic hydroxyl groups excluding tert-OH is 1. The highest BCUT2D eigenvalue weighted by Crippen LogP contribution is 2.30. The maximum atomic E-state index is 13.9. The molecule has 1 saturated heterocycles. The van der Waals surface area contributed by atoms with Crippen LogP contribution in [0.4, 0.5) is 4.39 Å². The van der Waals surface area contributed by atoms with Gasteiger partial charge in [0.15, 0.2) is 0 Å². The van der Waals surface area contributed by atoms with Gasteiger partial charge in [-0.15, -0.1) is 0 Å². The Hall–Kier alpha value is -1.86. The van der Waals surface area contributed by atoms with Gasteiger partial charge in [0.2, 0.25) is 0 Å². The third-order valence-corrected chi connectivity index (χ3v) is 3.92. The first-order chi connectivity index (χ1) is 9.93. The SMILES string of the molecule is CC1(C)CCN(C(=O)c2ccc(C#CCO)c(F)c2)CC1. The zero-order valence-electron chi connectivity index (χ0n) is 12.4. The van der Waals surface area contributed by atoms with Crippen molar-refractivity contribution in [1.82, 2.24) is 4.90 Å². The zero-order valence-corrected chi connectivity index (χ0v) is 12.4. The number of amides is 1. The molecule has 1 aliphatic heterocycles. The number of carbonyl (C=O) groups is 1. The fourth-order valence-corrected chi connectivity index (χ4v) is 2.38. The van der Waals surface area contributed by atoms with Gasteiger partial charge in [0.25, 0.3) is 5.91 Å². The Kier molecular flexibility index (Phi) is 4.64. The van der Waals surface area contributed by atoms with Crippen LogP contribution in [0.5, 0.6) is 0 Å². The van der Waals surface area contributed by atoms with Crippen LogP contribution in [0.1, 0.15) is 42.6 Å². The number of aliphatic hydroxyl groups is 1. The molecule has 1 aliphatic rings. The average molecular weight is 289 g/mol. The lowest BCUT2D eigenvalue weighted by molar-refractivity contribution is 0.0630. The largest absolute Gasteiger partial charge is 0.384 e. The van der Waals surface area contributed by atoms with Crippen molar-refractivity contribution in [3.8, 4) is 11.8 Å². The molecule has 0 atom stereocenters. The molecule has 0 aromatic heterocycles. The number of carbonyl (C=O) groups excluding carboxylic acids is 1. The molecule has 0 radical (unpaired) electrons. The van der Waals surface area contributed by atoms with Crippen molar-refractivity contribution in [3.05, 3.63) is 35.1 Å². The van der Waals surface area contributed by atoms with Crippen molar-refractivity contribution in [2.75, 3.05) is 19.7 Å². The number of likely N-dealkylation sites (tertiary alicyclic amines) is 1. The standard InChI is InChI=1S/C17H20FNO2/c1-17(2)7-9-19(10-8-17)16(21)14-6-5-13(4-3-11-20)15(18)12-14/h5-6,12,20H,7-11H2,1-2H3. The summed E-state index contributed by atoms with van der Waals surface area (Å²) in [6.07, 6.45) is 1.92. The average Bonchev–Trinajstić information content (AvgIpc) is 2.45. The highest BCUT2D eigenvalue weighted by molar-refractivity contribution is 5.94. The van der Waals surface area contributed by atoms with Crippen molar-refractivity contribution < 1.29 is 14.3 Å². The highest BCUT2D eigenvalue weighted by atomic mass is 19.1. The maximum absolute atomic E-state index is 13.9. The molecule has 1 fully saturated rings. The number of benzene rings is 1. The number of nitrogens with zero attached hydrogens (tertiary/aromatic N) is 1. The molecule has 0 spiro atoms. The van der Waals surface area contributed by atoms with Crippen LogP contribution in [0.3, 0.4) is 0 Å². The monoisotopic (exact) mass is 289 g/mol. The molecule has 0 saturated carbocycles. The third-order valence-electron chi connectivity index (χ3n) is 3.92. The van der Waals surface area contributed by atoms with Gasteiger partial charge in [0, 0.05) is 18.7 Å². The van der Waals surface area contributed by atoms with Gasteiger partial charge >= 0.3 is 0 Å². The van der Waals surface area contributed by atoms with E-state index in [1.165, 1.54) is 12.1 Å². The van der Waals surface area contributed by atoms with Crippen LogP contribution in [0.2, 0.25) is 0 Å². The van der Waals surface area contributed by atoms with Crippen molar-refractivity contribution in [2.45, 2.75) is 26.7 Å². The lowest BCUT2D eigenvalue weighted by Gasteiger charge is -2.36. The Bertz CT molecular complexity index is 589. The molecular weight excluding hydrogens is 269 g/mol. The summed E-state index contributed by atoms with van der Waals surface area (Å²) in [6.45, 7) is 5.49. The van der Waals surface area contributed by atoms with E-state index in [1.54, 1.807) is 11.0 Å². The van der Waals surface area contributed by atoms with Gasteiger partial charge in [0.05, 0.1) is 5.56 Å². The minimum absolute atomic E-state index is 0.133. The molecule has 3 nitrogen and oxygen atoms in total. The van der Waals surface area contributed by atoms with Crippen LogP contribution in [0.15, 0.2) is 18.2 Å². The second kappa shape index (κ2) is 6.28. The van der Waals surface area contributed by atoms with Gasteiger partial charge in [-0.05, 0) is 36.5 Å². The molecule has 1 aromatic rings. The number of hydrogen-bond acceptors (Lipinski definition) is 2. The molecule has 1 amide bonds. The smallest absolute Gasteiger partial charge is 0.253 e. The Morgan fingerprint density at radius 3 is 2.62 bits per heavy atom. The molecule has 1 aromatic carbocycles. The maximum Gasteiger partial charge on any atom is 0.253 e. The summed E-state index contributed by atoms with van der Waals surface area (Å²) in [5.74, 6) is 4.25. The molecule has 0 aliphatic carbocycles. The molecule has 1 N–H and O–H groups in total. The van der Waals surface area contributed by atoms with E-state index < -0.39 is 5.82 Å². The fourth-order valence-electron chi connectivity index (χ4n) is 2.38. The Balaban J connectivity index is 2.12. The van der Waals surface area contributed by atoms with Crippen molar-refractivity contribution >= 4 is 5.91 Å². The Morgan fingerprint density at radius 1 is 1.38 bits per heavy atom. The van der Waals surface area contributed by atoms with Crippen molar-refractivity contribution in [1.29, 1.82) is 0 Å². The van der Waals surface area contributed by atoms with Crippen molar-refractivity contribution in [2.24, 2.45) is 5.41 Å². The molecular formula is C17H20FNO2. The van der Waals surface area contributed by atoms with Gasteiger partial charge < -0.3 is 10.0 Å². The van der Waals surface area contributed by atoms with Crippen LogP contribution in [0, 0.1) is 23.1 Å². The molecule has 112 valence electrons. The molecule has 4 heteroatoms. The summed E-state index contributed by atoms with van der Waals surface area (Å²) in [6, 6.07) is 4.30. The Labute approximate surface area is 124 Å². The molecule has 2 rings (SSSR count). The van der Waals surface area contributed by atoms with Gasteiger partial charge in [-0.2, -0.15) is 0 Å². The minimum Gasteiger partial charge on any atom is -0.384 e. The molecule has 0 bridgehead atoms. The van der Waals surface area contributed by atoms with Crippen LogP contribution in [-0.4, -0.2) is 35.6 Å². The Morgan fingerprint density at radius 2 is 2.05 bits per heavy atom. The summed E-state index contributed by atoms with van der Waals surface area (Å²) >= 11 is 0. The molecule has 21 heavy (non-hydrogen) atoms. The van der Waals surface area contributed by atoms with Gasteiger partial charge in [-0.3, -0.25) is 4.79 Å². The molecule has 0 unspecified atom stereocenters. The summed E-state index contributed by atoms with van der Waals surface area (Å²) in [5, 5.41) is 8.62. The normalized spacial score (nSPS) is 17.0. The number of hydrogen-bond donors (Lipinski definition) is 1. The molecule has 1 heterocycles. The van der Waals surface area contributed by atoms with E-state index >= 15 is 0 Å². The van der Waals surface area contributed by atoms with E-state index in [4.69, 9.17) is 5.11 Å². The van der Waals surface area contributed by atoms with Crippen LogP contribution >= 0.6 is 0 Å². The van der Waals surface area contributed by atoms with E-state index in [9.17, 15) is 9.18 Å². The number of rotatable bonds is 1. The van der Waals surface area contributed by atoms with E-state index in [-0.39, 0.29) is 23.5 Å². The number of piperidine rings is 1. The predicted molar refractivity (Wildman–Crippen MR) is 79.3 cm³/mol. The van der Waals surface area contributed by atoms with Crippen LogP contribution in [-0.2, 0) is 0 Å². The quantitative estimate of drug-likeness (QED) is 0.807. The van der Waals surface area contributed by atoms with Crippen molar-refractivity contribution in [3.63, 3.8) is 0 Å². The van der Waals surface area contributed by atoms with E-state index in [1.807, 2.05) is 0 Å². The first-order valence-electron chi connectivity index (χ1n) is 7.11. The number of halogens is 1. The first-order valence-corrected chi connectivity index (χ1v) is 7.11. The second-order valence-electron chi connectivity index (χ2n) is 6.11. The lowest BCUT2D eigenvalue weighted by Crippen LogP contribution is -2.41. The van der Waals surface area contributed by atoms with Gasteiger partial charge in [0.1, 0.15) is 12.4 Å². The highest BCUT2D eigenvalue weighted by Gasteiger charge is 2.28. The van der Waals surface area contributed by atoms with Crippen LogP contribution < -0.4 is 0 Å². The fraction of sp³-hybridized carbons (Fsp3) is 0.471. The predicted octanol–water partition coefficient (Wildman–Crippen LogP) is 2.43. The van der Waals surface area contributed by atoms with E-state index in [2.05, 4.69) is 25.7 Å². The van der Waals surface area contributed by atoms with Gasteiger partial charge in [-0.1, -0.05) is 25.7 Å². The second-order valence-corrected chi connectivity index (χ2v) is 6.11. The summed E-state index contributed by atoms with van der Waals surface area (Å²) < 4.78 is 13.9. The lowest BCUT2D eigenvalue weighted by atomic mass is 9.82. The summed E-state index contributed by atoms with van der Waals surface area (Å²) in [4.78, 5) is 14.1. The third kappa shape index (κ3) is 3.83. The minimum atomic E-state index is -0.529.